The van der Waals surface area contributed by atoms with Gasteiger partial charge in [-0.15, -0.1) is 0 Å². The van der Waals surface area contributed by atoms with Crippen LogP contribution in [0.3, 0.4) is 0 Å². The van der Waals surface area contributed by atoms with Crippen molar-refractivity contribution in [2.24, 2.45) is 11.8 Å². The summed E-state index contributed by atoms with van der Waals surface area (Å²) in [6.07, 6.45) is 11.1. The van der Waals surface area contributed by atoms with E-state index in [4.69, 9.17) is 0 Å². The Bertz CT molecular complexity index is 124. The molecule has 0 unspecified atom stereocenters. The first-order chi connectivity index (χ1) is 8.13. The van der Waals surface area contributed by atoms with E-state index in [9.17, 15) is 0 Å². The van der Waals surface area contributed by atoms with Crippen molar-refractivity contribution >= 4 is 0 Å². The summed E-state index contributed by atoms with van der Waals surface area (Å²) in [4.78, 5) is 0. The molecule has 1 N–H and O–H groups in total. The summed E-state index contributed by atoms with van der Waals surface area (Å²) >= 11 is 0. The number of nitrogens with one attached hydrogen (secondary N) is 1. The summed E-state index contributed by atoms with van der Waals surface area (Å²) in [5, 5.41) is 3.56. The van der Waals surface area contributed by atoms with E-state index in [0.29, 0.717) is 0 Å². The molecule has 0 rings (SSSR count). The maximum absolute atomic E-state index is 3.56. The third kappa shape index (κ3) is 16.0. The van der Waals surface area contributed by atoms with Crippen molar-refractivity contribution in [3.05, 3.63) is 0 Å². The fourth-order valence-corrected chi connectivity index (χ4v) is 2.08. The van der Waals surface area contributed by atoms with Crippen molar-refractivity contribution in [1.82, 2.24) is 5.32 Å². The second-order valence-corrected chi connectivity index (χ2v) is 6.24. The van der Waals surface area contributed by atoms with Crippen molar-refractivity contribution in [3.63, 3.8) is 0 Å². The molecule has 0 saturated carbocycles. The lowest BCUT2D eigenvalue weighted by atomic mass is 10.1. The van der Waals surface area contributed by atoms with Gasteiger partial charge in [-0.1, -0.05) is 66.2 Å². The lowest BCUT2D eigenvalue weighted by Gasteiger charge is -2.07. The predicted molar refractivity (Wildman–Crippen MR) is 79.5 cm³/mol. The van der Waals surface area contributed by atoms with Crippen LogP contribution in [0, 0.1) is 11.8 Å². The van der Waals surface area contributed by atoms with Gasteiger partial charge in [-0.05, 0) is 37.8 Å². The standard InChI is InChI=1S/C16H35N/c1-15(2)11-7-5-9-13-17-14-10-6-8-12-16(3)4/h15-17H,5-14H2,1-4H3. The zero-order valence-electron chi connectivity index (χ0n) is 12.7. The lowest BCUT2D eigenvalue weighted by molar-refractivity contribution is 0.499. The first kappa shape index (κ1) is 17.0. The van der Waals surface area contributed by atoms with Crippen LogP contribution in [0.1, 0.15) is 79.1 Å². The molecule has 0 spiro atoms. The average molecular weight is 241 g/mol. The number of hydrogen-bond donors (Lipinski definition) is 1. The SMILES string of the molecule is CC(C)CCCCCNCCCCCC(C)C. The molecule has 0 atom stereocenters. The van der Waals surface area contributed by atoms with Crippen LogP contribution in [0.25, 0.3) is 0 Å². The summed E-state index contributed by atoms with van der Waals surface area (Å²) in [5.74, 6) is 1.76. The molecule has 1 nitrogen and oxygen atoms in total. The number of hydrogen-bond acceptors (Lipinski definition) is 1. The molecule has 104 valence electrons. The minimum absolute atomic E-state index is 0.879. The molecule has 0 aromatic heterocycles. The normalized spacial score (nSPS) is 11.6. The van der Waals surface area contributed by atoms with Gasteiger partial charge >= 0.3 is 0 Å². The van der Waals surface area contributed by atoms with Crippen LogP contribution in [0.5, 0.6) is 0 Å². The van der Waals surface area contributed by atoms with Crippen LogP contribution < -0.4 is 5.32 Å². The molecule has 1 heteroatoms. The van der Waals surface area contributed by atoms with Crippen LogP contribution in [0.4, 0.5) is 0 Å². The van der Waals surface area contributed by atoms with E-state index in [-0.39, 0.29) is 0 Å². The van der Waals surface area contributed by atoms with Gasteiger partial charge in [-0.2, -0.15) is 0 Å². The Morgan fingerprint density at radius 1 is 0.588 bits per heavy atom. The summed E-state index contributed by atoms with van der Waals surface area (Å²) in [7, 11) is 0. The highest BCUT2D eigenvalue weighted by Gasteiger charge is 1.95. The molecular weight excluding hydrogens is 206 g/mol. The van der Waals surface area contributed by atoms with E-state index < -0.39 is 0 Å². The number of unbranched alkanes of at least 4 members (excludes halogenated alkanes) is 4. The second-order valence-electron chi connectivity index (χ2n) is 6.24. The molecule has 17 heavy (non-hydrogen) atoms. The fourth-order valence-electron chi connectivity index (χ4n) is 2.08. The smallest absolute Gasteiger partial charge is 0.00489 e. The number of rotatable bonds is 12. The van der Waals surface area contributed by atoms with Crippen LogP contribution in [0.2, 0.25) is 0 Å². The molecule has 0 aromatic rings. The van der Waals surface area contributed by atoms with Gasteiger partial charge in [0.1, 0.15) is 0 Å². The first-order valence-corrected chi connectivity index (χ1v) is 7.83. The Morgan fingerprint density at radius 2 is 1.00 bits per heavy atom. The van der Waals surface area contributed by atoms with Gasteiger partial charge in [-0.3, -0.25) is 0 Å². The summed E-state index contributed by atoms with van der Waals surface area (Å²) < 4.78 is 0. The van der Waals surface area contributed by atoms with Gasteiger partial charge in [0.15, 0.2) is 0 Å². The quantitative estimate of drug-likeness (QED) is 0.474. The maximum atomic E-state index is 3.56. The summed E-state index contributed by atoms with van der Waals surface area (Å²) in [6, 6.07) is 0. The fraction of sp³-hybridized carbons (Fsp3) is 1.00. The maximum Gasteiger partial charge on any atom is -0.00489 e. The average Bonchev–Trinajstić information content (AvgIpc) is 2.25. The zero-order chi connectivity index (χ0) is 12.9. The molecule has 0 aliphatic heterocycles. The highest BCUT2D eigenvalue weighted by molar-refractivity contribution is 4.53. The van der Waals surface area contributed by atoms with Crippen molar-refractivity contribution in [3.8, 4) is 0 Å². The molecular formula is C16H35N. The van der Waals surface area contributed by atoms with E-state index >= 15 is 0 Å². The lowest BCUT2D eigenvalue weighted by Crippen LogP contribution is -2.16. The van der Waals surface area contributed by atoms with Gasteiger partial charge in [0.25, 0.3) is 0 Å². The molecule has 0 aliphatic rings. The topological polar surface area (TPSA) is 12.0 Å². The monoisotopic (exact) mass is 241 g/mol. The van der Waals surface area contributed by atoms with E-state index in [2.05, 4.69) is 33.0 Å². The van der Waals surface area contributed by atoms with Crippen LogP contribution in [0.15, 0.2) is 0 Å². The molecule has 0 aliphatic carbocycles. The minimum Gasteiger partial charge on any atom is -0.317 e. The molecule has 0 saturated heterocycles. The minimum atomic E-state index is 0.879. The largest absolute Gasteiger partial charge is 0.317 e. The van der Waals surface area contributed by atoms with Crippen molar-refractivity contribution in [1.29, 1.82) is 0 Å². The first-order valence-electron chi connectivity index (χ1n) is 7.83. The zero-order valence-corrected chi connectivity index (χ0v) is 12.7. The Morgan fingerprint density at radius 3 is 1.35 bits per heavy atom. The third-order valence-corrected chi connectivity index (χ3v) is 3.27. The van der Waals surface area contributed by atoms with Crippen LogP contribution in [-0.4, -0.2) is 13.1 Å². The van der Waals surface area contributed by atoms with Gasteiger partial charge in [0.2, 0.25) is 0 Å². The Labute approximate surface area is 110 Å². The highest BCUT2D eigenvalue weighted by Crippen LogP contribution is 2.08. The van der Waals surface area contributed by atoms with E-state index in [1.165, 1.54) is 64.5 Å². The summed E-state index contributed by atoms with van der Waals surface area (Å²) in [6.45, 7) is 11.7. The Hall–Kier alpha value is -0.0400. The molecule has 0 amide bonds. The molecule has 0 aromatic carbocycles. The van der Waals surface area contributed by atoms with Crippen molar-refractivity contribution < 1.29 is 0 Å². The Balaban J connectivity index is 2.94. The Kier molecular flexibility index (Phi) is 12.4. The second kappa shape index (κ2) is 12.4. The molecule has 0 bridgehead atoms. The predicted octanol–water partition coefficient (Wildman–Crippen LogP) is 5.01. The van der Waals surface area contributed by atoms with Crippen molar-refractivity contribution in [2.45, 2.75) is 79.1 Å². The van der Waals surface area contributed by atoms with Gasteiger partial charge in [-0.25, -0.2) is 0 Å². The molecule has 0 radical (unpaired) electrons. The van der Waals surface area contributed by atoms with E-state index in [1.54, 1.807) is 0 Å². The van der Waals surface area contributed by atoms with E-state index in [0.717, 1.165) is 11.8 Å². The van der Waals surface area contributed by atoms with Gasteiger partial charge < -0.3 is 5.32 Å². The highest BCUT2D eigenvalue weighted by atomic mass is 14.8. The van der Waals surface area contributed by atoms with E-state index in [1.807, 2.05) is 0 Å². The summed E-state index contributed by atoms with van der Waals surface area (Å²) in [5.41, 5.74) is 0. The van der Waals surface area contributed by atoms with Crippen LogP contribution >= 0.6 is 0 Å². The molecule has 0 heterocycles. The molecule has 0 fully saturated rings. The van der Waals surface area contributed by atoms with Gasteiger partial charge in [0, 0.05) is 0 Å². The third-order valence-electron chi connectivity index (χ3n) is 3.27. The van der Waals surface area contributed by atoms with Crippen molar-refractivity contribution in [2.75, 3.05) is 13.1 Å². The van der Waals surface area contributed by atoms with Gasteiger partial charge in [0.05, 0.1) is 0 Å². The van der Waals surface area contributed by atoms with Crippen LogP contribution in [-0.2, 0) is 0 Å².